The molecule has 0 saturated carbocycles. The number of hydrogen-bond donors (Lipinski definition) is 3. The summed E-state index contributed by atoms with van der Waals surface area (Å²) in [5.41, 5.74) is 16.6. The Labute approximate surface area is 365 Å². The summed E-state index contributed by atoms with van der Waals surface area (Å²) in [6.45, 7) is 1.23. The van der Waals surface area contributed by atoms with E-state index in [0.717, 1.165) is 66.5 Å². The second-order valence-corrected chi connectivity index (χ2v) is 14.1. The first-order valence-electron chi connectivity index (χ1n) is 19.4. The molecule has 15 nitrogen and oxygen atoms in total. The Bertz CT molecular complexity index is 3210. The molecule has 0 bridgehead atoms. The molecular weight excluding hydrogens is 776 g/mol. The smallest absolute Gasteiger partial charge is 0.251 e. The predicted molar refractivity (Wildman–Crippen MR) is 237 cm³/mol. The van der Waals surface area contributed by atoms with Gasteiger partial charge in [0, 0.05) is 70.8 Å². The standard InChI is InChI=1S/C24H20N6O2.C22H16N6O.Li/c31-13-12-26-24(32)18-6-4-17(5-7-18)21-9-10-22-23(27-21)30(29-28-22)15-16-3-8-20-19(14-16)2-1-11-25-20;23-21(29)16-6-4-15(5-7-16)19-9-10-20-22(25-19)28(27-26-20)13-14-3-8-18-17(12-14)2-1-11-24-18;/h1-11,14,31H,12-13,15H2,(H,26,32);1-12H,13H2,(H2,23,29);. The Morgan fingerprint density at radius 2 is 1.05 bits per heavy atom. The van der Waals surface area contributed by atoms with Gasteiger partial charge in [-0.25, -0.2) is 19.3 Å². The number of pyridine rings is 4. The van der Waals surface area contributed by atoms with Crippen molar-refractivity contribution in [3.8, 4) is 22.5 Å². The van der Waals surface area contributed by atoms with Crippen LogP contribution in [0.1, 0.15) is 31.8 Å². The summed E-state index contributed by atoms with van der Waals surface area (Å²) in [6.07, 6.45) is 3.57. The van der Waals surface area contributed by atoms with Crippen molar-refractivity contribution < 1.29 is 14.7 Å². The molecule has 10 rings (SSSR count). The molecule has 4 aromatic carbocycles. The number of aliphatic hydroxyl groups excluding tert-OH is 1. The van der Waals surface area contributed by atoms with E-state index in [2.05, 4.69) is 48.0 Å². The first kappa shape index (κ1) is 41.0. The van der Waals surface area contributed by atoms with Crippen molar-refractivity contribution in [2.45, 2.75) is 13.1 Å². The molecule has 0 spiro atoms. The molecule has 0 aliphatic carbocycles. The Balaban J connectivity index is 0.000000169. The monoisotopic (exact) mass is 811 g/mol. The summed E-state index contributed by atoms with van der Waals surface area (Å²) >= 11 is 0. The van der Waals surface area contributed by atoms with Crippen LogP contribution in [0.15, 0.2) is 146 Å². The average Bonchev–Trinajstić information content (AvgIpc) is 3.91. The number of carbonyl (C=O) groups is 2. The van der Waals surface area contributed by atoms with Gasteiger partial charge in [0.05, 0.1) is 42.1 Å². The molecule has 4 N–H and O–H groups in total. The largest absolute Gasteiger partial charge is 0.395 e. The van der Waals surface area contributed by atoms with Gasteiger partial charge in [-0.1, -0.05) is 59.0 Å². The fourth-order valence-electron chi connectivity index (χ4n) is 6.90. The number of amides is 2. The minimum absolute atomic E-state index is 0. The summed E-state index contributed by atoms with van der Waals surface area (Å²) in [7, 11) is 0. The van der Waals surface area contributed by atoms with Gasteiger partial charge >= 0.3 is 0 Å². The van der Waals surface area contributed by atoms with Crippen molar-refractivity contribution in [1.29, 1.82) is 0 Å². The molecule has 0 atom stereocenters. The van der Waals surface area contributed by atoms with Gasteiger partial charge in [-0.15, -0.1) is 10.2 Å². The number of nitrogens with zero attached hydrogens (tertiary/aromatic N) is 10. The Morgan fingerprint density at radius 3 is 1.52 bits per heavy atom. The van der Waals surface area contributed by atoms with Crippen LogP contribution in [0.4, 0.5) is 0 Å². The zero-order valence-electron chi connectivity index (χ0n) is 33.5. The van der Waals surface area contributed by atoms with E-state index < -0.39 is 5.91 Å². The maximum absolute atomic E-state index is 12.0. The third-order valence-electron chi connectivity index (χ3n) is 10.0. The number of aromatic nitrogens is 10. The van der Waals surface area contributed by atoms with Crippen molar-refractivity contribution in [2.24, 2.45) is 5.73 Å². The van der Waals surface area contributed by atoms with Gasteiger partial charge in [-0.3, -0.25) is 19.6 Å². The van der Waals surface area contributed by atoms with Crippen molar-refractivity contribution in [1.82, 2.24) is 55.2 Å². The molecule has 6 aromatic heterocycles. The molecule has 1 radical (unpaired) electrons. The van der Waals surface area contributed by atoms with Crippen LogP contribution < -0.4 is 11.1 Å². The van der Waals surface area contributed by atoms with Crippen LogP contribution in [0.25, 0.3) is 66.6 Å². The summed E-state index contributed by atoms with van der Waals surface area (Å²) < 4.78 is 3.57. The molecule has 16 heteroatoms. The van der Waals surface area contributed by atoms with Crippen molar-refractivity contribution in [3.05, 3.63) is 168 Å². The number of aliphatic hydroxyl groups is 1. The van der Waals surface area contributed by atoms with Crippen LogP contribution in [0.5, 0.6) is 0 Å². The number of carbonyl (C=O) groups excluding carboxylic acids is 2. The molecule has 2 amide bonds. The molecule has 0 saturated heterocycles. The second kappa shape index (κ2) is 18.3. The molecule has 0 aliphatic heterocycles. The molecule has 62 heavy (non-hydrogen) atoms. The second-order valence-electron chi connectivity index (χ2n) is 14.1. The van der Waals surface area contributed by atoms with Crippen LogP contribution in [0.3, 0.4) is 0 Å². The number of primary amides is 1. The van der Waals surface area contributed by atoms with Crippen LogP contribution in [0, 0.1) is 0 Å². The van der Waals surface area contributed by atoms with Crippen LogP contribution >= 0.6 is 0 Å². The van der Waals surface area contributed by atoms with Crippen molar-refractivity contribution >= 4 is 74.8 Å². The number of hydrogen-bond acceptors (Lipinski definition) is 11. The maximum Gasteiger partial charge on any atom is 0.251 e. The van der Waals surface area contributed by atoms with Gasteiger partial charge in [0.25, 0.3) is 5.91 Å². The van der Waals surface area contributed by atoms with Gasteiger partial charge < -0.3 is 16.2 Å². The van der Waals surface area contributed by atoms with Gasteiger partial charge in [0.15, 0.2) is 11.3 Å². The zero-order valence-corrected chi connectivity index (χ0v) is 33.5. The topological polar surface area (TPSA) is 205 Å². The van der Waals surface area contributed by atoms with E-state index in [-0.39, 0.29) is 37.9 Å². The first-order valence-corrected chi connectivity index (χ1v) is 19.4. The van der Waals surface area contributed by atoms with E-state index in [1.807, 2.05) is 97.1 Å². The van der Waals surface area contributed by atoms with E-state index in [1.165, 1.54) is 0 Å². The van der Waals surface area contributed by atoms with Crippen molar-refractivity contribution in [2.75, 3.05) is 13.2 Å². The van der Waals surface area contributed by atoms with Crippen molar-refractivity contribution in [3.63, 3.8) is 0 Å². The summed E-state index contributed by atoms with van der Waals surface area (Å²) in [5.74, 6) is -0.672. The number of nitrogens with one attached hydrogen (secondary N) is 1. The van der Waals surface area contributed by atoms with E-state index in [4.69, 9.17) is 20.8 Å². The number of fused-ring (bicyclic) bond motifs is 4. The quantitative estimate of drug-likeness (QED) is 0.145. The molecule has 0 aliphatic rings. The fraction of sp³-hybridized carbons (Fsp3) is 0.0870. The summed E-state index contributed by atoms with van der Waals surface area (Å²) in [5, 5.41) is 30.7. The van der Waals surface area contributed by atoms with Gasteiger partial charge in [0.1, 0.15) is 11.0 Å². The van der Waals surface area contributed by atoms with Gasteiger partial charge in [0.2, 0.25) is 5.91 Å². The third-order valence-corrected chi connectivity index (χ3v) is 10.0. The minimum Gasteiger partial charge on any atom is -0.395 e. The minimum atomic E-state index is -0.451. The van der Waals surface area contributed by atoms with Gasteiger partial charge in [-0.05, 0) is 96.1 Å². The molecule has 0 fully saturated rings. The third kappa shape index (κ3) is 8.91. The first-order chi connectivity index (χ1) is 29.9. The number of rotatable bonds is 10. The normalized spacial score (nSPS) is 11.0. The van der Waals surface area contributed by atoms with Crippen LogP contribution in [-0.4, -0.2) is 98.9 Å². The van der Waals surface area contributed by atoms with E-state index in [9.17, 15) is 9.59 Å². The Kier molecular flexibility index (Phi) is 12.1. The SMILES string of the molecule is NC(=O)c1ccc(-c2ccc3nnn(Cc4ccc5ncccc5c4)c3n2)cc1.O=C(NCCO)c1ccc(-c2ccc3nnn(Cc4ccc5ncccc5c4)c3n2)cc1.[Li]. The number of nitrogens with two attached hydrogens (primary N) is 1. The van der Waals surface area contributed by atoms with E-state index >= 15 is 0 Å². The van der Waals surface area contributed by atoms with Crippen LogP contribution in [-0.2, 0) is 13.1 Å². The molecule has 6 heterocycles. The molecular formula is C46H36LiN12O3. The molecule has 10 aromatic rings. The summed E-state index contributed by atoms with van der Waals surface area (Å²) in [4.78, 5) is 41.5. The number of benzene rings is 4. The zero-order chi connectivity index (χ0) is 41.7. The molecule has 299 valence electrons. The molecule has 0 unspecified atom stereocenters. The average molecular weight is 812 g/mol. The van der Waals surface area contributed by atoms with E-state index in [1.54, 1.807) is 46.0 Å². The predicted octanol–water partition coefficient (Wildman–Crippen LogP) is 5.62. The fourth-order valence-corrected chi connectivity index (χ4v) is 6.90. The van der Waals surface area contributed by atoms with Crippen LogP contribution in [0.2, 0.25) is 0 Å². The maximum atomic E-state index is 12.0. The van der Waals surface area contributed by atoms with E-state index in [0.29, 0.717) is 35.5 Å². The Morgan fingerprint density at radius 1 is 0.581 bits per heavy atom. The van der Waals surface area contributed by atoms with Gasteiger partial charge in [-0.2, -0.15) is 0 Å². The summed E-state index contributed by atoms with van der Waals surface area (Å²) in [6, 6.07) is 42.0. The Hall–Kier alpha value is -7.70.